The Morgan fingerprint density at radius 1 is 1.08 bits per heavy atom. The van der Waals surface area contributed by atoms with Crippen molar-refractivity contribution in [3.05, 3.63) is 54.5 Å². The summed E-state index contributed by atoms with van der Waals surface area (Å²) in [5.74, 6) is 0.343. The molecule has 1 aromatic heterocycles. The molecule has 1 aromatic carbocycles. The van der Waals surface area contributed by atoms with Crippen molar-refractivity contribution in [3.63, 3.8) is 0 Å². The zero-order chi connectivity index (χ0) is 17.0. The number of aromatic nitrogens is 1. The van der Waals surface area contributed by atoms with Crippen LogP contribution in [-0.2, 0) is 10.0 Å². The summed E-state index contributed by atoms with van der Waals surface area (Å²) >= 11 is 0. The third kappa shape index (κ3) is 3.91. The molecule has 128 valence electrons. The molecule has 2 heterocycles. The van der Waals surface area contributed by atoms with Crippen LogP contribution in [0, 0.1) is 11.9 Å². The monoisotopic (exact) mass is 349 g/mol. The number of benzene rings is 1. The van der Waals surface area contributed by atoms with Gasteiger partial charge in [-0.25, -0.2) is 13.4 Å². The van der Waals surface area contributed by atoms with Gasteiger partial charge in [-0.15, -0.1) is 0 Å². The zero-order valence-corrected chi connectivity index (χ0v) is 14.0. The van der Waals surface area contributed by atoms with Crippen LogP contribution in [0.3, 0.4) is 0 Å². The van der Waals surface area contributed by atoms with Crippen LogP contribution in [0.5, 0.6) is 0 Å². The van der Waals surface area contributed by atoms with Gasteiger partial charge >= 0.3 is 0 Å². The Labute approximate surface area is 141 Å². The van der Waals surface area contributed by atoms with Crippen molar-refractivity contribution in [2.24, 2.45) is 5.92 Å². The van der Waals surface area contributed by atoms with E-state index in [9.17, 15) is 12.8 Å². The lowest BCUT2D eigenvalue weighted by atomic mass is 9.98. The number of nitrogens with zero attached hydrogens (tertiary/aromatic N) is 2. The van der Waals surface area contributed by atoms with Crippen LogP contribution < -0.4 is 5.32 Å². The molecule has 0 unspecified atom stereocenters. The first-order chi connectivity index (χ1) is 11.6. The highest BCUT2D eigenvalue weighted by Gasteiger charge is 2.29. The normalized spacial score (nSPS) is 16.9. The molecule has 1 aliphatic heterocycles. The molecule has 1 fully saturated rings. The van der Waals surface area contributed by atoms with E-state index in [2.05, 4.69) is 10.3 Å². The van der Waals surface area contributed by atoms with Gasteiger partial charge in [0.25, 0.3) is 0 Å². The predicted octanol–water partition coefficient (Wildman–Crippen LogP) is 2.73. The largest absolute Gasteiger partial charge is 0.370 e. The topological polar surface area (TPSA) is 62.3 Å². The van der Waals surface area contributed by atoms with E-state index in [1.807, 2.05) is 0 Å². The molecule has 24 heavy (non-hydrogen) atoms. The Bertz CT molecular complexity index is 775. The molecule has 7 heteroatoms. The molecule has 1 saturated heterocycles. The second-order valence-corrected chi connectivity index (χ2v) is 7.82. The number of sulfonamides is 1. The predicted molar refractivity (Wildman–Crippen MR) is 90.6 cm³/mol. The number of nitrogens with one attached hydrogen (secondary N) is 1. The fraction of sp³-hybridized carbons (Fsp3) is 0.353. The van der Waals surface area contributed by atoms with Crippen LogP contribution in [0.4, 0.5) is 10.2 Å². The Hall–Kier alpha value is -1.99. The summed E-state index contributed by atoms with van der Waals surface area (Å²) < 4.78 is 39.7. The minimum atomic E-state index is -3.41. The fourth-order valence-electron chi connectivity index (χ4n) is 2.85. The molecule has 5 nitrogen and oxygen atoms in total. The molecule has 1 N–H and O–H groups in total. The van der Waals surface area contributed by atoms with E-state index in [0.29, 0.717) is 36.3 Å². The van der Waals surface area contributed by atoms with E-state index in [1.54, 1.807) is 46.8 Å². The molecule has 1 aliphatic rings. The first-order valence-electron chi connectivity index (χ1n) is 7.97. The maximum atomic E-state index is 13.1. The maximum absolute atomic E-state index is 13.1. The van der Waals surface area contributed by atoms with Crippen molar-refractivity contribution >= 4 is 15.8 Å². The number of rotatable bonds is 5. The molecule has 0 spiro atoms. The molecule has 0 bridgehead atoms. The van der Waals surface area contributed by atoms with Crippen LogP contribution in [-0.4, -0.2) is 37.3 Å². The molecule has 0 aliphatic carbocycles. The van der Waals surface area contributed by atoms with Crippen LogP contribution >= 0.6 is 0 Å². The lowest BCUT2D eigenvalue weighted by Gasteiger charge is -2.31. The van der Waals surface area contributed by atoms with Gasteiger partial charge < -0.3 is 5.32 Å². The van der Waals surface area contributed by atoms with Gasteiger partial charge in [-0.1, -0.05) is 24.3 Å². The Morgan fingerprint density at radius 3 is 2.46 bits per heavy atom. The summed E-state index contributed by atoms with van der Waals surface area (Å²) in [6.07, 6.45) is 1.54. The van der Waals surface area contributed by atoms with E-state index in [4.69, 9.17) is 0 Å². The van der Waals surface area contributed by atoms with Gasteiger partial charge in [0.15, 0.2) is 0 Å². The van der Waals surface area contributed by atoms with E-state index < -0.39 is 16.0 Å². The summed E-state index contributed by atoms with van der Waals surface area (Å²) in [5.41, 5.74) is 0. The van der Waals surface area contributed by atoms with Crippen molar-refractivity contribution < 1.29 is 12.8 Å². The molecule has 0 radical (unpaired) electrons. The maximum Gasteiger partial charge on any atom is 0.243 e. The van der Waals surface area contributed by atoms with Crippen LogP contribution in [0.1, 0.15) is 12.8 Å². The van der Waals surface area contributed by atoms with E-state index in [0.717, 1.165) is 12.8 Å². The van der Waals surface area contributed by atoms with Crippen molar-refractivity contribution in [1.82, 2.24) is 9.29 Å². The average Bonchev–Trinajstić information content (AvgIpc) is 2.61. The number of anilines is 1. The third-order valence-corrected chi connectivity index (χ3v) is 6.15. The SMILES string of the molecule is O=S(=O)(c1ccccc1)N1CCC(CNc2cccc(F)n2)CC1. The summed E-state index contributed by atoms with van der Waals surface area (Å²) in [5, 5.41) is 3.12. The fourth-order valence-corrected chi connectivity index (χ4v) is 4.34. The molecular formula is C17H20FN3O2S. The minimum Gasteiger partial charge on any atom is -0.370 e. The number of hydrogen-bond acceptors (Lipinski definition) is 4. The summed E-state index contributed by atoms with van der Waals surface area (Å²) in [7, 11) is -3.41. The highest BCUT2D eigenvalue weighted by atomic mass is 32.2. The van der Waals surface area contributed by atoms with E-state index in [1.165, 1.54) is 6.07 Å². The second kappa shape index (κ2) is 7.27. The van der Waals surface area contributed by atoms with Gasteiger partial charge in [0.2, 0.25) is 16.0 Å². The lowest BCUT2D eigenvalue weighted by molar-refractivity contribution is 0.282. The first kappa shape index (κ1) is 16.9. The van der Waals surface area contributed by atoms with Crippen molar-refractivity contribution in [1.29, 1.82) is 0 Å². The zero-order valence-electron chi connectivity index (χ0n) is 13.2. The molecular weight excluding hydrogens is 329 g/mol. The Kier molecular flexibility index (Phi) is 5.11. The van der Waals surface area contributed by atoms with E-state index in [-0.39, 0.29) is 0 Å². The molecule has 0 saturated carbocycles. The molecule has 0 atom stereocenters. The first-order valence-corrected chi connectivity index (χ1v) is 9.41. The standard InChI is InChI=1S/C17H20FN3O2S/c18-16-7-4-8-17(20-16)19-13-14-9-11-21(12-10-14)24(22,23)15-5-2-1-3-6-15/h1-8,14H,9-13H2,(H,19,20). The Balaban J connectivity index is 1.54. The van der Waals surface area contributed by atoms with E-state index >= 15 is 0 Å². The lowest BCUT2D eigenvalue weighted by Crippen LogP contribution is -2.39. The van der Waals surface area contributed by atoms with Gasteiger partial charge in [-0.05, 0) is 43.0 Å². The molecule has 2 aromatic rings. The van der Waals surface area contributed by atoms with Crippen LogP contribution in [0.25, 0.3) is 0 Å². The average molecular weight is 349 g/mol. The van der Waals surface area contributed by atoms with Crippen LogP contribution in [0.2, 0.25) is 0 Å². The Morgan fingerprint density at radius 2 is 1.79 bits per heavy atom. The summed E-state index contributed by atoms with van der Waals surface area (Å²) in [6.45, 7) is 1.66. The quantitative estimate of drug-likeness (QED) is 0.843. The second-order valence-electron chi connectivity index (χ2n) is 5.89. The minimum absolute atomic E-state index is 0.338. The van der Waals surface area contributed by atoms with Gasteiger partial charge in [-0.3, -0.25) is 0 Å². The van der Waals surface area contributed by atoms with Gasteiger partial charge in [0.1, 0.15) is 5.82 Å². The number of hydrogen-bond donors (Lipinski definition) is 1. The highest BCUT2D eigenvalue weighted by molar-refractivity contribution is 7.89. The van der Waals surface area contributed by atoms with Crippen molar-refractivity contribution in [2.75, 3.05) is 25.0 Å². The third-order valence-electron chi connectivity index (χ3n) is 4.24. The van der Waals surface area contributed by atoms with Gasteiger partial charge in [0, 0.05) is 19.6 Å². The van der Waals surface area contributed by atoms with Crippen LogP contribution in [0.15, 0.2) is 53.4 Å². The van der Waals surface area contributed by atoms with Crippen molar-refractivity contribution in [2.45, 2.75) is 17.7 Å². The summed E-state index contributed by atoms with van der Waals surface area (Å²) in [6, 6.07) is 13.1. The highest BCUT2D eigenvalue weighted by Crippen LogP contribution is 2.24. The smallest absolute Gasteiger partial charge is 0.243 e. The van der Waals surface area contributed by atoms with Crippen molar-refractivity contribution in [3.8, 4) is 0 Å². The van der Waals surface area contributed by atoms with Gasteiger partial charge in [-0.2, -0.15) is 8.70 Å². The number of pyridine rings is 1. The number of halogens is 1. The molecule has 3 rings (SSSR count). The number of piperidine rings is 1. The van der Waals surface area contributed by atoms with Gasteiger partial charge in [0.05, 0.1) is 4.90 Å². The molecule has 0 amide bonds. The summed E-state index contributed by atoms with van der Waals surface area (Å²) in [4.78, 5) is 4.11.